The van der Waals surface area contributed by atoms with Crippen molar-refractivity contribution in [2.24, 2.45) is 0 Å². The van der Waals surface area contributed by atoms with E-state index < -0.39 is 0 Å². The molecule has 2 aromatic carbocycles. The maximum Gasteiger partial charge on any atom is 0.178 e. The topological polar surface area (TPSA) is 45.6 Å². The summed E-state index contributed by atoms with van der Waals surface area (Å²) in [4.78, 5) is 29.1. The van der Waals surface area contributed by atoms with Crippen molar-refractivity contribution in [3.05, 3.63) is 88.5 Å². The SMILES string of the molecule is CC(=O)c1ccc(N2CCN(CC(=O)c3cc(C)n(Cc4ccc(F)cc4)c3C)CC2)cc1. The lowest BCUT2D eigenvalue weighted by atomic mass is 10.1. The normalized spacial score (nSPS) is 14.5. The summed E-state index contributed by atoms with van der Waals surface area (Å²) in [6.07, 6.45) is 0. The standard InChI is InChI=1S/C27H30FN3O2/c1-19-16-26(20(2)31(19)17-22-4-8-24(28)9-5-22)27(33)18-29-12-14-30(15-13-29)25-10-6-23(7-11-25)21(3)32/h4-11,16H,12-15,17-18H2,1-3H3. The summed E-state index contributed by atoms with van der Waals surface area (Å²) >= 11 is 0. The van der Waals surface area contributed by atoms with Gasteiger partial charge in [-0.05, 0) is 68.8 Å². The van der Waals surface area contributed by atoms with Crippen molar-refractivity contribution >= 4 is 17.3 Å². The fourth-order valence-electron chi connectivity index (χ4n) is 4.46. The maximum absolute atomic E-state index is 13.2. The molecule has 1 saturated heterocycles. The van der Waals surface area contributed by atoms with Crippen LogP contribution in [0.25, 0.3) is 0 Å². The first kappa shape index (κ1) is 22.9. The smallest absolute Gasteiger partial charge is 0.178 e. The van der Waals surface area contributed by atoms with Crippen LogP contribution in [0.1, 0.15) is 44.6 Å². The lowest BCUT2D eigenvalue weighted by Gasteiger charge is -2.35. The van der Waals surface area contributed by atoms with Crippen LogP contribution < -0.4 is 4.90 Å². The number of ketones is 2. The summed E-state index contributed by atoms with van der Waals surface area (Å²) in [6.45, 7) is 9.89. The van der Waals surface area contributed by atoms with Gasteiger partial charge in [-0.1, -0.05) is 12.1 Å². The van der Waals surface area contributed by atoms with E-state index >= 15 is 0 Å². The highest BCUT2D eigenvalue weighted by Crippen LogP contribution is 2.20. The second-order valence-corrected chi connectivity index (χ2v) is 8.79. The number of nitrogens with zero attached hydrogens (tertiary/aromatic N) is 3. The summed E-state index contributed by atoms with van der Waals surface area (Å²) in [5.41, 5.74) is 5.57. The van der Waals surface area contributed by atoms with E-state index in [1.807, 2.05) is 44.2 Å². The van der Waals surface area contributed by atoms with Gasteiger partial charge in [-0.3, -0.25) is 14.5 Å². The Kier molecular flexibility index (Phi) is 6.75. The number of rotatable bonds is 7. The number of halogens is 1. The molecule has 1 aliphatic rings. The Hall–Kier alpha value is -3.25. The van der Waals surface area contributed by atoms with Gasteiger partial charge >= 0.3 is 0 Å². The molecule has 3 aromatic rings. The predicted octanol–water partition coefficient (Wildman–Crippen LogP) is 4.50. The molecule has 6 heteroatoms. The molecule has 0 amide bonds. The highest BCUT2D eigenvalue weighted by molar-refractivity contribution is 5.99. The van der Waals surface area contributed by atoms with Gasteiger partial charge in [0.05, 0.1) is 6.54 Å². The number of carbonyl (C=O) groups is 2. The summed E-state index contributed by atoms with van der Waals surface area (Å²) in [6, 6.07) is 16.2. The number of hydrogen-bond donors (Lipinski definition) is 0. The van der Waals surface area contributed by atoms with Crippen molar-refractivity contribution in [1.82, 2.24) is 9.47 Å². The molecule has 0 aliphatic carbocycles. The van der Waals surface area contributed by atoms with Crippen LogP contribution in [0.4, 0.5) is 10.1 Å². The van der Waals surface area contributed by atoms with Crippen molar-refractivity contribution in [3.63, 3.8) is 0 Å². The molecule has 172 valence electrons. The number of Topliss-reactive ketones (excluding diaryl/α,β-unsaturated/α-hetero) is 2. The third-order valence-corrected chi connectivity index (χ3v) is 6.51. The van der Waals surface area contributed by atoms with Gasteiger partial charge in [0, 0.05) is 60.9 Å². The summed E-state index contributed by atoms with van der Waals surface area (Å²) in [5, 5.41) is 0. The Labute approximate surface area is 194 Å². The van der Waals surface area contributed by atoms with Crippen molar-refractivity contribution in [2.75, 3.05) is 37.6 Å². The number of carbonyl (C=O) groups excluding carboxylic acids is 2. The molecule has 5 nitrogen and oxygen atoms in total. The average molecular weight is 448 g/mol. The minimum Gasteiger partial charge on any atom is -0.369 e. The Morgan fingerprint density at radius 1 is 0.909 bits per heavy atom. The fourth-order valence-corrected chi connectivity index (χ4v) is 4.46. The van der Waals surface area contributed by atoms with Crippen LogP contribution in [0.2, 0.25) is 0 Å². The van der Waals surface area contributed by atoms with Crippen molar-refractivity contribution in [2.45, 2.75) is 27.3 Å². The second-order valence-electron chi connectivity index (χ2n) is 8.79. The van der Waals surface area contributed by atoms with Gasteiger partial charge in [0.15, 0.2) is 11.6 Å². The van der Waals surface area contributed by atoms with Gasteiger partial charge in [0.2, 0.25) is 0 Å². The number of anilines is 1. The molecule has 1 aliphatic heterocycles. The van der Waals surface area contributed by atoms with Gasteiger partial charge in [0.1, 0.15) is 5.82 Å². The number of aromatic nitrogens is 1. The van der Waals surface area contributed by atoms with Crippen LogP contribution in [0.5, 0.6) is 0 Å². The zero-order chi connectivity index (χ0) is 23.5. The van der Waals surface area contributed by atoms with E-state index in [1.54, 1.807) is 19.1 Å². The number of piperazine rings is 1. The Balaban J connectivity index is 1.36. The van der Waals surface area contributed by atoms with Gasteiger partial charge in [-0.15, -0.1) is 0 Å². The molecule has 2 heterocycles. The third-order valence-electron chi connectivity index (χ3n) is 6.51. The Morgan fingerprint density at radius 3 is 2.15 bits per heavy atom. The largest absolute Gasteiger partial charge is 0.369 e. The van der Waals surface area contributed by atoms with E-state index in [9.17, 15) is 14.0 Å². The van der Waals surface area contributed by atoms with Crippen molar-refractivity contribution in [1.29, 1.82) is 0 Å². The number of aryl methyl sites for hydroxylation is 1. The zero-order valence-corrected chi connectivity index (χ0v) is 19.5. The lowest BCUT2D eigenvalue weighted by Crippen LogP contribution is -2.48. The molecule has 1 fully saturated rings. The fraction of sp³-hybridized carbons (Fsp3) is 0.333. The molecular formula is C27H30FN3O2. The quantitative estimate of drug-likeness (QED) is 0.501. The lowest BCUT2D eigenvalue weighted by molar-refractivity contribution is 0.0925. The summed E-state index contributed by atoms with van der Waals surface area (Å²) in [5.74, 6) is -0.0432. The van der Waals surface area contributed by atoms with Crippen LogP contribution in [-0.2, 0) is 6.54 Å². The molecule has 0 bridgehead atoms. The second kappa shape index (κ2) is 9.71. The van der Waals surface area contributed by atoms with Gasteiger partial charge in [0.25, 0.3) is 0 Å². The molecule has 0 atom stereocenters. The molecule has 0 spiro atoms. The van der Waals surface area contributed by atoms with E-state index in [4.69, 9.17) is 0 Å². The minimum atomic E-state index is -0.247. The van der Waals surface area contributed by atoms with Crippen LogP contribution in [-0.4, -0.2) is 53.8 Å². The first-order chi connectivity index (χ1) is 15.8. The number of hydrogen-bond acceptors (Lipinski definition) is 4. The Bertz CT molecular complexity index is 1140. The molecule has 33 heavy (non-hydrogen) atoms. The third kappa shape index (κ3) is 5.22. The monoisotopic (exact) mass is 447 g/mol. The maximum atomic E-state index is 13.2. The zero-order valence-electron chi connectivity index (χ0n) is 19.5. The summed E-state index contributed by atoms with van der Waals surface area (Å²) in [7, 11) is 0. The highest BCUT2D eigenvalue weighted by atomic mass is 19.1. The average Bonchev–Trinajstić information content (AvgIpc) is 3.09. The minimum absolute atomic E-state index is 0.0712. The molecule has 4 rings (SSSR count). The molecule has 0 N–H and O–H groups in total. The van der Waals surface area contributed by atoms with Gasteiger partial charge < -0.3 is 9.47 Å². The van der Waals surface area contributed by atoms with Crippen molar-refractivity contribution in [3.8, 4) is 0 Å². The van der Waals surface area contributed by atoms with E-state index in [-0.39, 0.29) is 17.4 Å². The van der Waals surface area contributed by atoms with Crippen LogP contribution in [0.3, 0.4) is 0 Å². The van der Waals surface area contributed by atoms with E-state index in [1.165, 1.54) is 12.1 Å². The summed E-state index contributed by atoms with van der Waals surface area (Å²) < 4.78 is 15.3. The molecular weight excluding hydrogens is 417 g/mol. The van der Waals surface area contributed by atoms with Crippen molar-refractivity contribution < 1.29 is 14.0 Å². The predicted molar refractivity (Wildman–Crippen MR) is 129 cm³/mol. The van der Waals surface area contributed by atoms with Gasteiger partial charge in [-0.2, -0.15) is 0 Å². The van der Waals surface area contributed by atoms with Crippen LogP contribution in [0, 0.1) is 19.7 Å². The van der Waals surface area contributed by atoms with Gasteiger partial charge in [-0.25, -0.2) is 4.39 Å². The number of benzene rings is 2. The van der Waals surface area contributed by atoms with E-state index in [2.05, 4.69) is 14.4 Å². The van der Waals surface area contributed by atoms with E-state index in [0.717, 1.165) is 59.9 Å². The van der Waals surface area contributed by atoms with Crippen LogP contribution in [0.15, 0.2) is 54.6 Å². The molecule has 0 radical (unpaired) electrons. The first-order valence-electron chi connectivity index (χ1n) is 11.3. The first-order valence-corrected chi connectivity index (χ1v) is 11.3. The Morgan fingerprint density at radius 2 is 1.55 bits per heavy atom. The molecule has 1 aromatic heterocycles. The molecule has 0 saturated carbocycles. The van der Waals surface area contributed by atoms with Crippen LogP contribution >= 0.6 is 0 Å². The highest BCUT2D eigenvalue weighted by Gasteiger charge is 2.22. The van der Waals surface area contributed by atoms with E-state index in [0.29, 0.717) is 13.1 Å². The molecule has 0 unspecified atom stereocenters.